The molecule has 2 aromatic carbocycles. The van der Waals surface area contributed by atoms with Crippen molar-refractivity contribution in [2.75, 3.05) is 25.1 Å². The van der Waals surface area contributed by atoms with Gasteiger partial charge in [0.15, 0.2) is 5.82 Å². The van der Waals surface area contributed by atoms with E-state index in [9.17, 15) is 19.5 Å². The first-order valence-corrected chi connectivity index (χ1v) is 11.2. The summed E-state index contributed by atoms with van der Waals surface area (Å²) in [7, 11) is 1.56. The molecule has 1 saturated heterocycles. The number of carboxylic acids is 1. The van der Waals surface area contributed by atoms with Crippen molar-refractivity contribution >= 4 is 23.8 Å². The second-order valence-electron chi connectivity index (χ2n) is 8.58. The molecule has 180 valence electrons. The van der Waals surface area contributed by atoms with Gasteiger partial charge in [-0.05, 0) is 22.3 Å². The number of carbonyl (C=O) groups is 3. The number of nitrogens with zero attached hydrogens (tertiary/aromatic N) is 2. The van der Waals surface area contributed by atoms with Crippen molar-refractivity contribution in [3.8, 4) is 11.1 Å². The van der Waals surface area contributed by atoms with Gasteiger partial charge in [0.05, 0.1) is 25.2 Å². The van der Waals surface area contributed by atoms with E-state index in [1.54, 1.807) is 7.05 Å². The van der Waals surface area contributed by atoms with E-state index >= 15 is 0 Å². The summed E-state index contributed by atoms with van der Waals surface area (Å²) in [5.74, 6) is -2.56. The molecule has 0 radical (unpaired) electrons. The summed E-state index contributed by atoms with van der Waals surface area (Å²) in [4.78, 5) is 36.8. The molecule has 2 amide bonds. The van der Waals surface area contributed by atoms with Gasteiger partial charge in [-0.1, -0.05) is 48.5 Å². The molecule has 3 aromatic rings. The summed E-state index contributed by atoms with van der Waals surface area (Å²) < 4.78 is 12.3. The molecule has 35 heavy (non-hydrogen) atoms. The smallest absolute Gasteiger partial charge is 0.407 e. The van der Waals surface area contributed by atoms with Crippen molar-refractivity contribution in [1.29, 1.82) is 0 Å². The fraction of sp³-hybridized carbons (Fsp3) is 0.280. The number of carbonyl (C=O) groups excluding carboxylic acids is 2. The van der Waals surface area contributed by atoms with Gasteiger partial charge in [-0.15, -0.1) is 0 Å². The predicted octanol–water partition coefficient (Wildman–Crippen LogP) is 2.61. The fourth-order valence-corrected chi connectivity index (χ4v) is 4.69. The summed E-state index contributed by atoms with van der Waals surface area (Å²) in [6.07, 6.45) is 0.652. The molecule has 0 spiro atoms. The minimum Gasteiger partial charge on any atom is -0.477 e. The van der Waals surface area contributed by atoms with E-state index in [-0.39, 0.29) is 37.1 Å². The molecule has 0 bridgehead atoms. The standard InChI is InChI=1S/C25H24N4O6/c1-29-10-18(24(31)32)22(28-29)27-23(30)20-11-34-13-21(20)26-25(33)35-12-19-16-8-4-2-6-14(16)15-7-3-5-9-17(15)19/h2-10,19-21H,11-13H2,1H3,(H,26,33)(H,31,32)(H,27,28,30). The second kappa shape index (κ2) is 9.22. The number of aromatic nitrogens is 2. The van der Waals surface area contributed by atoms with E-state index in [0.717, 1.165) is 22.3 Å². The van der Waals surface area contributed by atoms with E-state index in [1.807, 2.05) is 36.4 Å². The molecule has 1 fully saturated rings. The number of benzene rings is 2. The van der Waals surface area contributed by atoms with Gasteiger partial charge in [0.2, 0.25) is 5.91 Å². The number of aromatic carboxylic acids is 1. The fourth-order valence-electron chi connectivity index (χ4n) is 4.69. The first kappa shape index (κ1) is 22.6. The summed E-state index contributed by atoms with van der Waals surface area (Å²) in [6, 6.07) is 15.5. The Kier molecular flexibility index (Phi) is 5.96. The molecule has 1 aliphatic heterocycles. The minimum atomic E-state index is -1.20. The van der Waals surface area contributed by atoms with Crippen LogP contribution in [-0.4, -0.2) is 58.7 Å². The molecule has 2 atom stereocenters. The van der Waals surface area contributed by atoms with Crippen molar-refractivity contribution in [2.45, 2.75) is 12.0 Å². The van der Waals surface area contributed by atoms with Crippen LogP contribution < -0.4 is 10.6 Å². The van der Waals surface area contributed by atoms with Crippen LogP contribution in [-0.2, 0) is 21.3 Å². The van der Waals surface area contributed by atoms with E-state index in [2.05, 4.69) is 27.9 Å². The Morgan fingerprint density at radius 2 is 1.74 bits per heavy atom. The molecule has 1 aromatic heterocycles. The normalized spacial score (nSPS) is 18.5. The number of alkyl carbamates (subject to hydrolysis) is 1. The average Bonchev–Trinajstić information content (AvgIpc) is 3.53. The lowest BCUT2D eigenvalue weighted by Gasteiger charge is -2.19. The van der Waals surface area contributed by atoms with Gasteiger partial charge in [-0.3, -0.25) is 9.48 Å². The van der Waals surface area contributed by atoms with Crippen molar-refractivity contribution < 1.29 is 29.0 Å². The molecule has 2 heterocycles. The summed E-state index contributed by atoms with van der Waals surface area (Å²) in [5.41, 5.74) is 4.35. The van der Waals surface area contributed by atoms with E-state index in [4.69, 9.17) is 9.47 Å². The quantitative estimate of drug-likeness (QED) is 0.498. The molecule has 0 saturated carbocycles. The SMILES string of the molecule is Cn1cc(C(=O)O)c(NC(=O)C2COCC2NC(=O)OCC2c3ccccc3-c3ccccc32)n1. The largest absolute Gasteiger partial charge is 0.477 e. The highest BCUT2D eigenvalue weighted by Gasteiger charge is 2.37. The highest BCUT2D eigenvalue weighted by atomic mass is 16.5. The van der Waals surface area contributed by atoms with Gasteiger partial charge in [0.25, 0.3) is 0 Å². The lowest BCUT2D eigenvalue weighted by atomic mass is 9.98. The van der Waals surface area contributed by atoms with Gasteiger partial charge >= 0.3 is 12.1 Å². The van der Waals surface area contributed by atoms with Gasteiger partial charge in [0.1, 0.15) is 12.2 Å². The van der Waals surface area contributed by atoms with Crippen LogP contribution >= 0.6 is 0 Å². The number of anilines is 1. The number of nitrogens with one attached hydrogen (secondary N) is 2. The predicted molar refractivity (Wildman–Crippen MR) is 125 cm³/mol. The van der Waals surface area contributed by atoms with Gasteiger partial charge in [0, 0.05) is 19.2 Å². The highest BCUT2D eigenvalue weighted by Crippen LogP contribution is 2.44. The zero-order chi connectivity index (χ0) is 24.5. The Hall–Kier alpha value is -4.18. The molecule has 3 N–H and O–H groups in total. The Bertz CT molecular complexity index is 1260. The Morgan fingerprint density at radius 3 is 2.40 bits per heavy atom. The van der Waals surface area contributed by atoms with Crippen LogP contribution in [0.25, 0.3) is 11.1 Å². The van der Waals surface area contributed by atoms with Crippen LogP contribution in [0.5, 0.6) is 0 Å². The molecule has 2 unspecified atom stereocenters. The number of amides is 2. The zero-order valence-electron chi connectivity index (χ0n) is 18.9. The summed E-state index contributed by atoms with van der Waals surface area (Å²) in [6.45, 7) is 0.367. The monoisotopic (exact) mass is 476 g/mol. The average molecular weight is 476 g/mol. The van der Waals surface area contributed by atoms with E-state index < -0.39 is 29.9 Å². The van der Waals surface area contributed by atoms with Gasteiger partial charge in [-0.25, -0.2) is 9.59 Å². The van der Waals surface area contributed by atoms with Crippen LogP contribution in [0.15, 0.2) is 54.7 Å². The van der Waals surface area contributed by atoms with Crippen molar-refractivity contribution in [2.24, 2.45) is 13.0 Å². The Labute approximate surface area is 200 Å². The van der Waals surface area contributed by atoms with Crippen molar-refractivity contribution in [3.05, 3.63) is 71.4 Å². The zero-order valence-corrected chi connectivity index (χ0v) is 18.9. The molecule has 5 rings (SSSR count). The van der Waals surface area contributed by atoms with Crippen LogP contribution in [0.1, 0.15) is 27.4 Å². The van der Waals surface area contributed by atoms with Crippen molar-refractivity contribution in [3.63, 3.8) is 0 Å². The number of fused-ring (bicyclic) bond motifs is 3. The molecule has 1 aliphatic carbocycles. The van der Waals surface area contributed by atoms with E-state index in [0.29, 0.717) is 0 Å². The number of hydrogen-bond donors (Lipinski definition) is 3. The lowest BCUT2D eigenvalue weighted by molar-refractivity contribution is -0.120. The molecule has 10 nitrogen and oxygen atoms in total. The Morgan fingerprint density at radius 1 is 1.09 bits per heavy atom. The van der Waals surface area contributed by atoms with Gasteiger partial charge in [-0.2, -0.15) is 5.10 Å². The second-order valence-corrected chi connectivity index (χ2v) is 8.58. The molecule has 2 aliphatic rings. The number of hydrogen-bond acceptors (Lipinski definition) is 6. The number of aryl methyl sites for hydroxylation is 1. The van der Waals surface area contributed by atoms with Crippen LogP contribution in [0.2, 0.25) is 0 Å². The summed E-state index contributed by atoms with van der Waals surface area (Å²) in [5, 5.41) is 18.5. The highest BCUT2D eigenvalue weighted by molar-refractivity contribution is 6.00. The number of rotatable bonds is 6. The maximum Gasteiger partial charge on any atom is 0.407 e. The molecular formula is C25H24N4O6. The van der Waals surface area contributed by atoms with E-state index in [1.165, 1.54) is 10.9 Å². The third-order valence-corrected chi connectivity index (χ3v) is 6.37. The maximum atomic E-state index is 12.8. The van der Waals surface area contributed by atoms with Crippen molar-refractivity contribution in [1.82, 2.24) is 15.1 Å². The minimum absolute atomic E-state index is 0.0585. The first-order chi connectivity index (χ1) is 16.9. The number of ether oxygens (including phenoxy) is 2. The van der Waals surface area contributed by atoms with Gasteiger partial charge < -0.3 is 25.2 Å². The third kappa shape index (κ3) is 4.35. The topological polar surface area (TPSA) is 132 Å². The maximum absolute atomic E-state index is 12.8. The number of carboxylic acid groups (broad SMARTS) is 1. The first-order valence-electron chi connectivity index (χ1n) is 11.2. The van der Waals surface area contributed by atoms with Crippen LogP contribution in [0, 0.1) is 5.92 Å². The molecule has 10 heteroatoms. The third-order valence-electron chi connectivity index (χ3n) is 6.37. The lowest BCUT2D eigenvalue weighted by Crippen LogP contribution is -2.44. The summed E-state index contributed by atoms with van der Waals surface area (Å²) >= 11 is 0. The van der Waals surface area contributed by atoms with Crippen LogP contribution in [0.4, 0.5) is 10.6 Å². The molecular weight excluding hydrogens is 452 g/mol. The van der Waals surface area contributed by atoms with Crippen LogP contribution in [0.3, 0.4) is 0 Å². The Balaban J connectivity index is 1.22.